The molecule has 0 N–H and O–H groups in total. The minimum absolute atomic E-state index is 0.0273. The highest BCUT2D eigenvalue weighted by molar-refractivity contribution is 5.91. The van der Waals surface area contributed by atoms with Gasteiger partial charge >= 0.3 is 0 Å². The molecule has 3 heterocycles. The predicted molar refractivity (Wildman–Crippen MR) is 82.4 cm³/mol. The number of carbonyl (C=O) groups excluding carboxylic acids is 2. The van der Waals surface area contributed by atoms with Gasteiger partial charge in [-0.1, -0.05) is 0 Å². The summed E-state index contributed by atoms with van der Waals surface area (Å²) in [6, 6.07) is 3.45. The minimum atomic E-state index is -0.0273. The first kappa shape index (κ1) is 15.1. The normalized spacial score (nSPS) is 22.1. The molecule has 1 atom stereocenters. The molecule has 5 nitrogen and oxygen atoms in total. The van der Waals surface area contributed by atoms with Crippen LogP contribution < -0.4 is 0 Å². The molecule has 22 heavy (non-hydrogen) atoms. The maximum absolute atomic E-state index is 12.3. The van der Waals surface area contributed by atoms with Crippen molar-refractivity contribution >= 4 is 11.8 Å². The zero-order valence-corrected chi connectivity index (χ0v) is 13.0. The van der Waals surface area contributed by atoms with Gasteiger partial charge in [0.2, 0.25) is 5.91 Å². The van der Waals surface area contributed by atoms with E-state index in [9.17, 15) is 9.59 Å². The molecule has 2 amide bonds. The van der Waals surface area contributed by atoms with Gasteiger partial charge in [0.1, 0.15) is 0 Å². The standard InChI is InChI=1S/C17H24N2O3/c20-16(18-9-1-2-10-18)8-7-14-5-3-11-19(13-14)17(21)15-6-4-12-22-15/h4,6,12,14H,1-3,5,7-11,13H2/t14-/m1/s1. The zero-order valence-electron chi connectivity index (χ0n) is 13.0. The van der Waals surface area contributed by atoms with E-state index in [1.54, 1.807) is 12.1 Å². The van der Waals surface area contributed by atoms with Crippen molar-refractivity contribution in [3.8, 4) is 0 Å². The summed E-state index contributed by atoms with van der Waals surface area (Å²) in [7, 11) is 0. The van der Waals surface area contributed by atoms with Crippen molar-refractivity contribution in [1.82, 2.24) is 9.80 Å². The Kier molecular flexibility index (Phi) is 4.80. The molecule has 0 unspecified atom stereocenters. The van der Waals surface area contributed by atoms with E-state index in [0.717, 1.165) is 58.3 Å². The van der Waals surface area contributed by atoms with Crippen molar-refractivity contribution in [1.29, 1.82) is 0 Å². The van der Waals surface area contributed by atoms with Gasteiger partial charge in [-0.25, -0.2) is 0 Å². The number of rotatable bonds is 4. The van der Waals surface area contributed by atoms with Gasteiger partial charge in [0.25, 0.3) is 5.91 Å². The summed E-state index contributed by atoms with van der Waals surface area (Å²) in [5.74, 6) is 1.10. The van der Waals surface area contributed by atoms with Crippen molar-refractivity contribution in [2.75, 3.05) is 26.2 Å². The lowest BCUT2D eigenvalue weighted by Gasteiger charge is -2.32. The second-order valence-corrected chi connectivity index (χ2v) is 6.36. The molecule has 0 aromatic carbocycles. The monoisotopic (exact) mass is 304 g/mol. The van der Waals surface area contributed by atoms with Crippen molar-refractivity contribution in [3.05, 3.63) is 24.2 Å². The van der Waals surface area contributed by atoms with Crippen LogP contribution in [0.3, 0.4) is 0 Å². The van der Waals surface area contributed by atoms with Gasteiger partial charge in [0.05, 0.1) is 6.26 Å². The second kappa shape index (κ2) is 6.99. The molecule has 0 bridgehead atoms. The highest BCUT2D eigenvalue weighted by Gasteiger charge is 2.27. The van der Waals surface area contributed by atoms with Gasteiger partial charge in [0, 0.05) is 32.6 Å². The van der Waals surface area contributed by atoms with Crippen LogP contribution in [0.5, 0.6) is 0 Å². The molecule has 2 aliphatic heterocycles. The molecule has 0 radical (unpaired) electrons. The van der Waals surface area contributed by atoms with E-state index >= 15 is 0 Å². The number of likely N-dealkylation sites (tertiary alicyclic amines) is 2. The number of amides is 2. The molecule has 2 saturated heterocycles. The van der Waals surface area contributed by atoms with E-state index in [0.29, 0.717) is 18.1 Å². The van der Waals surface area contributed by atoms with Crippen molar-refractivity contribution in [3.63, 3.8) is 0 Å². The third kappa shape index (κ3) is 3.51. The molecule has 2 fully saturated rings. The topological polar surface area (TPSA) is 53.8 Å². The predicted octanol–water partition coefficient (Wildman–Crippen LogP) is 2.53. The Morgan fingerprint density at radius 1 is 1.14 bits per heavy atom. The summed E-state index contributed by atoms with van der Waals surface area (Å²) >= 11 is 0. The molecule has 1 aromatic rings. The van der Waals surface area contributed by atoms with Crippen LogP contribution >= 0.6 is 0 Å². The Bertz CT molecular complexity index is 506. The Hall–Kier alpha value is -1.78. The zero-order chi connectivity index (χ0) is 15.4. The van der Waals surface area contributed by atoms with Crippen LogP contribution in [0.1, 0.15) is 49.1 Å². The maximum Gasteiger partial charge on any atom is 0.289 e. The van der Waals surface area contributed by atoms with E-state index in [1.807, 2.05) is 9.80 Å². The van der Waals surface area contributed by atoms with Crippen LogP contribution in [0.4, 0.5) is 0 Å². The van der Waals surface area contributed by atoms with Crippen LogP contribution in [0, 0.1) is 5.92 Å². The lowest BCUT2D eigenvalue weighted by molar-refractivity contribution is -0.130. The van der Waals surface area contributed by atoms with Gasteiger partial charge in [-0.05, 0) is 50.2 Å². The number of piperidine rings is 1. The molecule has 3 rings (SSSR count). The number of carbonyl (C=O) groups is 2. The summed E-state index contributed by atoms with van der Waals surface area (Å²) in [6.45, 7) is 3.38. The highest BCUT2D eigenvalue weighted by Crippen LogP contribution is 2.23. The third-order valence-corrected chi connectivity index (χ3v) is 4.76. The summed E-state index contributed by atoms with van der Waals surface area (Å²) < 4.78 is 5.20. The molecule has 0 spiro atoms. The van der Waals surface area contributed by atoms with Crippen LogP contribution in [0.2, 0.25) is 0 Å². The number of nitrogens with zero attached hydrogens (tertiary/aromatic N) is 2. The van der Waals surface area contributed by atoms with Gasteiger partial charge in [-0.3, -0.25) is 9.59 Å². The first-order valence-electron chi connectivity index (χ1n) is 8.34. The number of hydrogen-bond acceptors (Lipinski definition) is 3. The first-order valence-corrected chi connectivity index (χ1v) is 8.34. The van der Waals surface area contributed by atoms with Crippen molar-refractivity contribution < 1.29 is 14.0 Å². The fraction of sp³-hybridized carbons (Fsp3) is 0.647. The molecule has 5 heteroatoms. The largest absolute Gasteiger partial charge is 0.459 e. The smallest absolute Gasteiger partial charge is 0.289 e. The number of hydrogen-bond donors (Lipinski definition) is 0. The summed E-state index contributed by atoms with van der Waals surface area (Å²) in [5, 5.41) is 0. The van der Waals surface area contributed by atoms with E-state index in [4.69, 9.17) is 4.42 Å². The molecule has 2 aliphatic rings. The van der Waals surface area contributed by atoms with E-state index in [-0.39, 0.29) is 11.8 Å². The molecule has 1 aromatic heterocycles. The Labute approximate surface area is 131 Å². The van der Waals surface area contributed by atoms with Crippen molar-refractivity contribution in [2.24, 2.45) is 5.92 Å². The molecule has 0 aliphatic carbocycles. The third-order valence-electron chi connectivity index (χ3n) is 4.76. The van der Waals surface area contributed by atoms with Gasteiger partial charge in [-0.2, -0.15) is 0 Å². The van der Waals surface area contributed by atoms with Crippen LogP contribution in [0.25, 0.3) is 0 Å². The maximum atomic E-state index is 12.3. The molecule has 120 valence electrons. The lowest BCUT2D eigenvalue weighted by Crippen LogP contribution is -2.40. The second-order valence-electron chi connectivity index (χ2n) is 6.36. The Morgan fingerprint density at radius 3 is 2.64 bits per heavy atom. The highest BCUT2D eigenvalue weighted by atomic mass is 16.3. The van der Waals surface area contributed by atoms with Gasteiger partial charge < -0.3 is 14.2 Å². The summed E-state index contributed by atoms with van der Waals surface area (Å²) in [6.07, 6.45) is 7.43. The van der Waals surface area contributed by atoms with Crippen LogP contribution in [-0.2, 0) is 4.79 Å². The van der Waals surface area contributed by atoms with E-state index in [1.165, 1.54) is 6.26 Å². The average molecular weight is 304 g/mol. The van der Waals surface area contributed by atoms with E-state index in [2.05, 4.69) is 0 Å². The first-order chi connectivity index (χ1) is 10.7. The van der Waals surface area contributed by atoms with E-state index < -0.39 is 0 Å². The summed E-state index contributed by atoms with van der Waals surface area (Å²) in [4.78, 5) is 28.3. The quantitative estimate of drug-likeness (QED) is 0.859. The summed E-state index contributed by atoms with van der Waals surface area (Å²) in [5.41, 5.74) is 0. The van der Waals surface area contributed by atoms with Gasteiger partial charge in [-0.15, -0.1) is 0 Å². The fourth-order valence-electron chi connectivity index (χ4n) is 3.49. The van der Waals surface area contributed by atoms with Crippen LogP contribution in [-0.4, -0.2) is 47.8 Å². The Balaban J connectivity index is 1.48. The number of furan rings is 1. The fourth-order valence-corrected chi connectivity index (χ4v) is 3.49. The average Bonchev–Trinajstić information content (AvgIpc) is 3.25. The SMILES string of the molecule is O=C(CC[C@H]1CCCN(C(=O)c2ccco2)C1)N1CCCC1. The van der Waals surface area contributed by atoms with Gasteiger partial charge in [0.15, 0.2) is 5.76 Å². The minimum Gasteiger partial charge on any atom is -0.459 e. The Morgan fingerprint density at radius 2 is 1.91 bits per heavy atom. The van der Waals surface area contributed by atoms with Crippen LogP contribution in [0.15, 0.2) is 22.8 Å². The van der Waals surface area contributed by atoms with Crippen molar-refractivity contribution in [2.45, 2.75) is 38.5 Å². The molecule has 0 saturated carbocycles. The molecular formula is C17H24N2O3. The molecular weight excluding hydrogens is 280 g/mol. The lowest BCUT2D eigenvalue weighted by atomic mass is 9.93.